The molecule has 5 N–H and O–H groups in total. The van der Waals surface area contributed by atoms with Crippen LogP contribution in [0, 0.1) is 18.6 Å². The van der Waals surface area contributed by atoms with Gasteiger partial charge in [0.25, 0.3) is 10.1 Å². The van der Waals surface area contributed by atoms with E-state index in [1.54, 1.807) is 12.1 Å². The van der Waals surface area contributed by atoms with Crippen molar-refractivity contribution in [3.05, 3.63) is 65.2 Å². The quantitative estimate of drug-likeness (QED) is 0.275. The molecular formula is C15H16F2N4O4S. The van der Waals surface area contributed by atoms with Gasteiger partial charge in [-0.1, -0.05) is 29.8 Å². The Morgan fingerprint density at radius 1 is 1.19 bits per heavy atom. The van der Waals surface area contributed by atoms with Gasteiger partial charge in [0, 0.05) is 5.56 Å². The van der Waals surface area contributed by atoms with Crippen molar-refractivity contribution in [1.82, 2.24) is 5.48 Å². The van der Waals surface area contributed by atoms with Crippen molar-refractivity contribution in [3.8, 4) is 0 Å². The summed E-state index contributed by atoms with van der Waals surface area (Å²) in [5.41, 5.74) is 7.43. The van der Waals surface area contributed by atoms with Gasteiger partial charge >= 0.3 is 0 Å². The minimum atomic E-state index is -4.02. The molecule has 0 aliphatic rings. The second kappa shape index (κ2) is 9.56. The molecule has 0 heterocycles. The number of hydroxylamine groups is 1. The summed E-state index contributed by atoms with van der Waals surface area (Å²) in [6, 6.07) is 9.62. The van der Waals surface area contributed by atoms with Gasteiger partial charge in [-0.2, -0.15) is 13.5 Å². The molecule has 140 valence electrons. The highest BCUT2D eigenvalue weighted by molar-refractivity contribution is 7.85. The first-order valence-electron chi connectivity index (χ1n) is 6.90. The maximum atomic E-state index is 13.0. The number of hydrogen-bond acceptors (Lipinski definition) is 5. The lowest BCUT2D eigenvalue weighted by atomic mass is 10.2. The zero-order valence-corrected chi connectivity index (χ0v) is 14.3. The molecule has 0 aliphatic heterocycles. The van der Waals surface area contributed by atoms with Crippen LogP contribution < -0.4 is 11.2 Å². The van der Waals surface area contributed by atoms with Gasteiger partial charge in [-0.3, -0.25) is 9.76 Å². The highest BCUT2D eigenvalue weighted by atomic mass is 32.2. The summed E-state index contributed by atoms with van der Waals surface area (Å²) in [7, 11) is -4.02. The van der Waals surface area contributed by atoms with Gasteiger partial charge in [-0.05, 0) is 25.1 Å². The molecule has 2 aromatic carbocycles. The zero-order chi connectivity index (χ0) is 19.7. The fraction of sp³-hybridized carbons (Fsp3) is 0.0667. The first kappa shape index (κ1) is 21.2. The van der Waals surface area contributed by atoms with Gasteiger partial charge in [0.15, 0.2) is 11.6 Å². The first-order valence-corrected chi connectivity index (χ1v) is 8.34. The molecule has 0 fully saturated rings. The molecular weight excluding hydrogens is 370 g/mol. The Hall–Kier alpha value is -2.89. The summed E-state index contributed by atoms with van der Waals surface area (Å²) in [5, 5.41) is 14.8. The maximum Gasteiger partial charge on any atom is 0.294 e. The summed E-state index contributed by atoms with van der Waals surface area (Å²) in [4.78, 5) is -0.0666. The lowest BCUT2D eigenvalue weighted by Crippen LogP contribution is -2.27. The predicted octanol–water partition coefficient (Wildman–Crippen LogP) is 1.83. The van der Waals surface area contributed by atoms with E-state index in [0.29, 0.717) is 0 Å². The predicted molar refractivity (Wildman–Crippen MR) is 91.5 cm³/mol. The van der Waals surface area contributed by atoms with E-state index < -0.39 is 21.8 Å². The van der Waals surface area contributed by atoms with Crippen LogP contribution in [0.1, 0.15) is 11.1 Å². The smallest absolute Gasteiger partial charge is 0.294 e. The van der Waals surface area contributed by atoms with Crippen molar-refractivity contribution in [3.63, 3.8) is 0 Å². The molecule has 2 aromatic rings. The second-order valence-corrected chi connectivity index (χ2v) is 6.19. The molecule has 0 unspecified atom stereocenters. The van der Waals surface area contributed by atoms with E-state index in [0.717, 1.165) is 17.8 Å². The number of nitrogens with two attached hydrogens (primary N) is 1. The van der Waals surface area contributed by atoms with E-state index in [-0.39, 0.29) is 16.4 Å². The Kier molecular flexibility index (Phi) is 7.77. The summed E-state index contributed by atoms with van der Waals surface area (Å²) in [6.45, 7) is 1.84. The molecule has 0 radical (unpaired) electrons. The lowest BCUT2D eigenvalue weighted by molar-refractivity contribution is 0.232. The molecule has 0 amide bonds. The lowest BCUT2D eigenvalue weighted by Gasteiger charge is -1.95. The van der Waals surface area contributed by atoms with Crippen molar-refractivity contribution >= 4 is 22.3 Å². The summed E-state index contributed by atoms with van der Waals surface area (Å²) in [6.07, 6.45) is 0.975. The molecule has 0 atom stereocenters. The average molecular weight is 386 g/mol. The Morgan fingerprint density at radius 3 is 2.35 bits per heavy atom. The molecule has 0 aliphatic carbocycles. The number of nitrogens with one attached hydrogen (secondary N) is 1. The van der Waals surface area contributed by atoms with Crippen LogP contribution >= 0.6 is 0 Å². The van der Waals surface area contributed by atoms with Crippen LogP contribution in [0.5, 0.6) is 0 Å². The van der Waals surface area contributed by atoms with E-state index in [1.165, 1.54) is 29.7 Å². The number of rotatable bonds is 3. The molecule has 8 nitrogen and oxygen atoms in total. The Bertz CT molecular complexity index is 900. The molecule has 26 heavy (non-hydrogen) atoms. The normalized spacial score (nSPS) is 11.8. The highest BCUT2D eigenvalue weighted by Gasteiger charge is 2.07. The van der Waals surface area contributed by atoms with Crippen molar-refractivity contribution in [2.45, 2.75) is 11.8 Å². The Balaban J connectivity index is 0.000000273. The van der Waals surface area contributed by atoms with Crippen LogP contribution in [0.4, 0.5) is 8.78 Å². The van der Waals surface area contributed by atoms with E-state index in [1.807, 2.05) is 6.92 Å². The van der Waals surface area contributed by atoms with Crippen LogP contribution in [0.2, 0.25) is 0 Å². The minimum Gasteiger partial charge on any atom is -0.367 e. The van der Waals surface area contributed by atoms with Crippen molar-refractivity contribution in [2.75, 3.05) is 0 Å². The third-order valence-electron chi connectivity index (χ3n) is 2.78. The number of guanidine groups is 1. The van der Waals surface area contributed by atoms with E-state index in [2.05, 4.69) is 10.2 Å². The van der Waals surface area contributed by atoms with Gasteiger partial charge in [-0.25, -0.2) is 14.3 Å². The number of hydrogen-bond donors (Lipinski definition) is 4. The molecule has 0 saturated carbocycles. The topological polar surface area (TPSA) is 137 Å². The van der Waals surface area contributed by atoms with Crippen molar-refractivity contribution in [2.24, 2.45) is 15.9 Å². The first-order chi connectivity index (χ1) is 12.1. The van der Waals surface area contributed by atoms with Crippen LogP contribution in [0.3, 0.4) is 0 Å². The number of halogens is 2. The minimum absolute atomic E-state index is 0.0653. The molecule has 2 rings (SSSR count). The maximum absolute atomic E-state index is 13.0. The standard InChI is InChI=1S/C8H8F2N4O.C7H8O3S/c9-6-3-1-2-5(7(6)10)4-12-13-8(11)14-15;1-6-2-4-7(5-3-6)11(8,9)10/h1-4,15H,(H3,11,13,14);2-5H,1H3,(H,8,9,10)/b12-4+;. The van der Waals surface area contributed by atoms with Gasteiger partial charge in [0.1, 0.15) is 0 Å². The zero-order valence-electron chi connectivity index (χ0n) is 13.5. The van der Waals surface area contributed by atoms with E-state index in [9.17, 15) is 17.2 Å². The van der Waals surface area contributed by atoms with Crippen LogP contribution in [-0.4, -0.2) is 30.4 Å². The third kappa shape index (κ3) is 6.93. The van der Waals surface area contributed by atoms with Crippen LogP contribution in [-0.2, 0) is 10.1 Å². The molecule has 0 spiro atoms. The number of benzene rings is 2. The van der Waals surface area contributed by atoms with Gasteiger partial charge < -0.3 is 5.73 Å². The Morgan fingerprint density at radius 2 is 1.81 bits per heavy atom. The summed E-state index contributed by atoms with van der Waals surface area (Å²) < 4.78 is 55.2. The monoisotopic (exact) mass is 386 g/mol. The SMILES string of the molecule is Cc1ccc(S(=O)(=O)O)cc1.N/C(=N/N=C/c1cccc(F)c1F)NO. The van der Waals surface area contributed by atoms with Gasteiger partial charge in [0.05, 0.1) is 11.1 Å². The van der Waals surface area contributed by atoms with Gasteiger partial charge in [-0.15, -0.1) is 5.10 Å². The summed E-state index contributed by atoms with van der Waals surface area (Å²) in [5.74, 6) is -2.36. The number of aryl methyl sites for hydroxylation is 1. The molecule has 0 aromatic heterocycles. The van der Waals surface area contributed by atoms with Gasteiger partial charge in [0.2, 0.25) is 5.96 Å². The fourth-order valence-electron chi connectivity index (χ4n) is 1.51. The molecule has 11 heteroatoms. The molecule has 0 saturated heterocycles. The summed E-state index contributed by atoms with van der Waals surface area (Å²) >= 11 is 0. The van der Waals surface area contributed by atoms with E-state index >= 15 is 0 Å². The van der Waals surface area contributed by atoms with Crippen LogP contribution in [0.15, 0.2) is 57.6 Å². The highest BCUT2D eigenvalue weighted by Crippen LogP contribution is 2.09. The van der Waals surface area contributed by atoms with Crippen molar-refractivity contribution in [1.29, 1.82) is 0 Å². The molecule has 0 bridgehead atoms. The largest absolute Gasteiger partial charge is 0.367 e. The third-order valence-corrected chi connectivity index (χ3v) is 3.65. The van der Waals surface area contributed by atoms with Crippen molar-refractivity contribution < 1.29 is 27.0 Å². The number of nitrogens with zero attached hydrogens (tertiary/aromatic N) is 2. The Labute approximate surface area is 148 Å². The second-order valence-electron chi connectivity index (χ2n) is 4.77. The fourth-order valence-corrected chi connectivity index (χ4v) is 1.99. The average Bonchev–Trinajstić information content (AvgIpc) is 2.58. The van der Waals surface area contributed by atoms with Crippen LogP contribution in [0.25, 0.3) is 0 Å². The van der Waals surface area contributed by atoms with E-state index in [4.69, 9.17) is 15.5 Å².